The first kappa shape index (κ1) is 26.9. The number of carbonyl (C=O) groups excluding carboxylic acids is 2. The molecule has 4 rings (SSSR count). The number of hydrogen-bond acceptors (Lipinski definition) is 6. The molecule has 0 spiro atoms. The van der Waals surface area contributed by atoms with Gasteiger partial charge in [0, 0.05) is 16.3 Å². The Labute approximate surface area is 228 Å². The number of rotatable bonds is 8. The van der Waals surface area contributed by atoms with Crippen molar-refractivity contribution in [2.45, 2.75) is 4.90 Å². The van der Waals surface area contributed by atoms with Crippen LogP contribution in [0.5, 0.6) is 5.75 Å². The first-order chi connectivity index (χ1) is 18.2. The third kappa shape index (κ3) is 6.98. The zero-order chi connectivity index (χ0) is 27.1. The van der Waals surface area contributed by atoms with Crippen LogP contribution in [-0.2, 0) is 10.0 Å². The molecular formula is C27H19Cl2N3O5S. The Morgan fingerprint density at radius 3 is 2.29 bits per heavy atom. The van der Waals surface area contributed by atoms with E-state index < -0.39 is 21.9 Å². The first-order valence-electron chi connectivity index (χ1n) is 11.0. The topological polar surface area (TPSA) is 114 Å². The van der Waals surface area contributed by atoms with Gasteiger partial charge in [-0.25, -0.2) is 18.6 Å². The lowest BCUT2D eigenvalue weighted by molar-refractivity contribution is 0.0734. The van der Waals surface area contributed by atoms with Crippen LogP contribution in [0, 0.1) is 0 Å². The van der Waals surface area contributed by atoms with E-state index in [-0.39, 0.29) is 26.8 Å². The summed E-state index contributed by atoms with van der Waals surface area (Å²) in [5.41, 5.74) is 3.70. The molecule has 0 aliphatic heterocycles. The summed E-state index contributed by atoms with van der Waals surface area (Å²) in [5.74, 6) is -0.896. The molecule has 0 fully saturated rings. The van der Waals surface area contributed by atoms with Crippen molar-refractivity contribution >= 4 is 57.0 Å². The maximum absolute atomic E-state index is 12.4. The zero-order valence-corrected chi connectivity index (χ0v) is 21.8. The molecule has 2 N–H and O–H groups in total. The van der Waals surface area contributed by atoms with Crippen LogP contribution in [-0.4, -0.2) is 26.5 Å². The summed E-state index contributed by atoms with van der Waals surface area (Å²) in [6.45, 7) is 0. The minimum absolute atomic E-state index is 0.128. The maximum atomic E-state index is 12.4. The molecule has 0 bridgehead atoms. The van der Waals surface area contributed by atoms with Gasteiger partial charge in [-0.1, -0.05) is 53.5 Å². The lowest BCUT2D eigenvalue weighted by Crippen LogP contribution is -2.18. The van der Waals surface area contributed by atoms with E-state index in [2.05, 4.69) is 15.2 Å². The van der Waals surface area contributed by atoms with Crippen molar-refractivity contribution in [3.8, 4) is 5.75 Å². The molecule has 38 heavy (non-hydrogen) atoms. The largest absolute Gasteiger partial charge is 0.423 e. The van der Waals surface area contributed by atoms with Crippen LogP contribution in [0.3, 0.4) is 0 Å². The van der Waals surface area contributed by atoms with Gasteiger partial charge in [-0.15, -0.1) is 0 Å². The third-order valence-corrected chi connectivity index (χ3v) is 7.00. The number of hydrogen-bond donors (Lipinski definition) is 2. The molecule has 0 radical (unpaired) electrons. The fourth-order valence-electron chi connectivity index (χ4n) is 3.21. The molecule has 4 aromatic carbocycles. The summed E-state index contributed by atoms with van der Waals surface area (Å²) in [5, 5.41) is 4.50. The van der Waals surface area contributed by atoms with E-state index in [1.807, 2.05) is 0 Å². The van der Waals surface area contributed by atoms with Crippen LogP contribution in [0.4, 0.5) is 5.69 Å². The average Bonchev–Trinajstić information content (AvgIpc) is 2.89. The van der Waals surface area contributed by atoms with Crippen LogP contribution in [0.1, 0.15) is 26.3 Å². The molecule has 0 unspecified atom stereocenters. The second kappa shape index (κ2) is 11.9. The summed E-state index contributed by atoms with van der Waals surface area (Å²) in [7, 11) is -3.74. The molecule has 0 atom stereocenters. The molecule has 0 heterocycles. The fourth-order valence-corrected chi connectivity index (χ4v) is 4.77. The van der Waals surface area contributed by atoms with Crippen molar-refractivity contribution in [2.24, 2.45) is 5.10 Å². The highest BCUT2D eigenvalue weighted by Gasteiger charge is 2.15. The highest BCUT2D eigenvalue weighted by atomic mass is 35.5. The maximum Gasteiger partial charge on any atom is 0.345 e. The van der Waals surface area contributed by atoms with Gasteiger partial charge in [0.1, 0.15) is 5.75 Å². The van der Waals surface area contributed by atoms with E-state index in [0.29, 0.717) is 16.3 Å². The van der Waals surface area contributed by atoms with E-state index in [1.165, 1.54) is 60.8 Å². The van der Waals surface area contributed by atoms with E-state index in [9.17, 15) is 18.0 Å². The highest BCUT2D eigenvalue weighted by molar-refractivity contribution is 7.92. The van der Waals surface area contributed by atoms with E-state index >= 15 is 0 Å². The second-order valence-electron chi connectivity index (χ2n) is 7.78. The van der Waals surface area contributed by atoms with Crippen molar-refractivity contribution in [3.05, 3.63) is 124 Å². The number of carbonyl (C=O) groups is 2. The normalized spacial score (nSPS) is 11.2. The van der Waals surface area contributed by atoms with E-state index in [0.717, 1.165) is 0 Å². The Bertz CT molecular complexity index is 1610. The smallest absolute Gasteiger partial charge is 0.345 e. The molecule has 1 amide bonds. The monoisotopic (exact) mass is 567 g/mol. The standard InChI is InChI=1S/C27H19Cl2N3O5S/c28-20-11-14-24(25(29)16-20)27(34)37-22-6-4-5-18(15-22)17-30-31-26(33)19-9-12-21(13-10-19)32-38(35,36)23-7-2-1-3-8-23/h1-17,32H,(H,31,33)/b30-17-. The van der Waals surface area contributed by atoms with Crippen molar-refractivity contribution in [2.75, 3.05) is 4.72 Å². The average molecular weight is 568 g/mol. The molecule has 8 nitrogen and oxygen atoms in total. The predicted octanol–water partition coefficient (Wildman–Crippen LogP) is 5.78. The van der Waals surface area contributed by atoms with Gasteiger partial charge >= 0.3 is 5.97 Å². The molecule has 0 aliphatic carbocycles. The lowest BCUT2D eigenvalue weighted by Gasteiger charge is -2.08. The van der Waals surface area contributed by atoms with Crippen molar-refractivity contribution in [1.29, 1.82) is 0 Å². The van der Waals surface area contributed by atoms with Gasteiger partial charge in [-0.3, -0.25) is 9.52 Å². The molecule has 192 valence electrons. The molecule has 4 aromatic rings. The number of amides is 1. The third-order valence-electron chi connectivity index (χ3n) is 5.05. The molecule has 0 aliphatic rings. The van der Waals surface area contributed by atoms with Gasteiger partial charge in [0.25, 0.3) is 15.9 Å². The Hall–Kier alpha value is -4.18. The van der Waals surface area contributed by atoms with Crippen molar-refractivity contribution in [1.82, 2.24) is 5.43 Å². The number of hydrazone groups is 1. The number of ether oxygens (including phenoxy) is 1. The van der Waals surface area contributed by atoms with Crippen LogP contribution >= 0.6 is 23.2 Å². The van der Waals surface area contributed by atoms with Crippen molar-refractivity contribution in [3.63, 3.8) is 0 Å². The number of sulfonamides is 1. The van der Waals surface area contributed by atoms with E-state index in [1.54, 1.807) is 42.5 Å². The Kier molecular flexibility index (Phi) is 8.42. The molecule has 0 saturated heterocycles. The van der Waals surface area contributed by atoms with E-state index in [4.69, 9.17) is 27.9 Å². The Balaban J connectivity index is 1.35. The number of anilines is 1. The first-order valence-corrected chi connectivity index (χ1v) is 13.2. The van der Waals surface area contributed by atoms with Gasteiger partial charge in [-0.2, -0.15) is 5.10 Å². The summed E-state index contributed by atoms with van der Waals surface area (Å²) in [4.78, 5) is 25.0. The van der Waals surface area contributed by atoms with Gasteiger partial charge in [0.15, 0.2) is 0 Å². The van der Waals surface area contributed by atoms with Crippen LogP contribution in [0.25, 0.3) is 0 Å². The van der Waals surface area contributed by atoms with Crippen molar-refractivity contribution < 1.29 is 22.7 Å². The van der Waals surface area contributed by atoms with Gasteiger partial charge in [0.05, 0.1) is 21.7 Å². The van der Waals surface area contributed by atoms with Gasteiger partial charge in [0.2, 0.25) is 0 Å². The Morgan fingerprint density at radius 1 is 0.842 bits per heavy atom. The van der Waals surface area contributed by atoms with Crippen LogP contribution in [0.15, 0.2) is 107 Å². The zero-order valence-electron chi connectivity index (χ0n) is 19.5. The summed E-state index contributed by atoms with van der Waals surface area (Å²) >= 11 is 11.9. The summed E-state index contributed by atoms with van der Waals surface area (Å²) in [6.07, 6.45) is 1.38. The lowest BCUT2D eigenvalue weighted by atomic mass is 10.2. The highest BCUT2D eigenvalue weighted by Crippen LogP contribution is 2.23. The summed E-state index contributed by atoms with van der Waals surface area (Å²) in [6, 6.07) is 24.8. The predicted molar refractivity (Wildman–Crippen MR) is 147 cm³/mol. The molecule has 0 aromatic heterocycles. The number of benzene rings is 4. The van der Waals surface area contributed by atoms with Crippen LogP contribution < -0.4 is 14.9 Å². The second-order valence-corrected chi connectivity index (χ2v) is 10.3. The van der Waals surface area contributed by atoms with Gasteiger partial charge in [-0.05, 0) is 72.3 Å². The number of nitrogens with zero attached hydrogens (tertiary/aromatic N) is 1. The molecular weight excluding hydrogens is 549 g/mol. The SMILES string of the molecule is O=C(N/N=C\c1cccc(OC(=O)c2ccc(Cl)cc2Cl)c1)c1ccc(NS(=O)(=O)c2ccccc2)cc1. The molecule has 0 saturated carbocycles. The Morgan fingerprint density at radius 2 is 1.58 bits per heavy atom. The number of halogens is 2. The minimum Gasteiger partial charge on any atom is -0.423 e. The molecule has 11 heteroatoms. The number of esters is 1. The minimum atomic E-state index is -3.74. The number of nitrogens with one attached hydrogen (secondary N) is 2. The van der Waals surface area contributed by atoms with Gasteiger partial charge < -0.3 is 4.74 Å². The van der Waals surface area contributed by atoms with Crippen LogP contribution in [0.2, 0.25) is 10.0 Å². The quantitative estimate of drug-likeness (QED) is 0.121. The fraction of sp³-hybridized carbons (Fsp3) is 0. The summed E-state index contributed by atoms with van der Waals surface area (Å²) < 4.78 is 32.7.